The molecule has 5 nitrogen and oxygen atoms in total. The van der Waals surface area contributed by atoms with Gasteiger partial charge in [-0.1, -0.05) is 67.8 Å². The average molecular weight is 474 g/mol. The molecule has 1 saturated carbocycles. The number of benzene rings is 3. The van der Waals surface area contributed by atoms with E-state index < -0.39 is 5.97 Å². The molecule has 0 spiro atoms. The van der Waals surface area contributed by atoms with Crippen molar-refractivity contribution in [2.24, 2.45) is 5.92 Å². The SMILES string of the molecule is Nc1ccc(-c2ccccc2)c(SOC(=O)/C=C/c2ccc(OC(=O)C3CCCCC3)cc2)c1. The molecular weight excluding hydrogens is 446 g/mol. The Morgan fingerprint density at radius 3 is 2.38 bits per heavy atom. The third kappa shape index (κ3) is 6.51. The van der Waals surface area contributed by atoms with Gasteiger partial charge in [0.2, 0.25) is 0 Å². The summed E-state index contributed by atoms with van der Waals surface area (Å²) in [5, 5.41) is 0. The molecule has 3 aromatic carbocycles. The van der Waals surface area contributed by atoms with Crippen LogP contribution in [0.1, 0.15) is 37.7 Å². The summed E-state index contributed by atoms with van der Waals surface area (Å²) in [6.45, 7) is 0. The molecule has 3 aromatic rings. The Morgan fingerprint density at radius 2 is 1.65 bits per heavy atom. The highest BCUT2D eigenvalue weighted by molar-refractivity contribution is 7.95. The molecule has 0 saturated heterocycles. The van der Waals surface area contributed by atoms with Gasteiger partial charge in [0.25, 0.3) is 0 Å². The molecule has 174 valence electrons. The number of anilines is 1. The summed E-state index contributed by atoms with van der Waals surface area (Å²) in [6.07, 6.45) is 8.20. The zero-order valence-electron chi connectivity index (χ0n) is 18.8. The quantitative estimate of drug-likeness (QED) is 0.135. The van der Waals surface area contributed by atoms with Gasteiger partial charge in [-0.2, -0.15) is 0 Å². The minimum atomic E-state index is -0.487. The van der Waals surface area contributed by atoms with E-state index in [0.717, 1.165) is 59.3 Å². The Hall–Kier alpha value is -3.51. The van der Waals surface area contributed by atoms with Crippen LogP contribution < -0.4 is 10.5 Å². The van der Waals surface area contributed by atoms with Gasteiger partial charge in [0.1, 0.15) is 5.75 Å². The van der Waals surface area contributed by atoms with Gasteiger partial charge in [0.05, 0.1) is 22.9 Å². The molecule has 34 heavy (non-hydrogen) atoms. The van der Waals surface area contributed by atoms with Crippen molar-refractivity contribution in [3.8, 4) is 16.9 Å². The summed E-state index contributed by atoms with van der Waals surface area (Å²) in [5.74, 6) is -0.122. The highest BCUT2D eigenvalue weighted by Crippen LogP contribution is 2.33. The van der Waals surface area contributed by atoms with Crippen LogP contribution >= 0.6 is 12.0 Å². The lowest BCUT2D eigenvalue weighted by Gasteiger charge is -2.19. The molecule has 0 radical (unpaired) electrons. The first-order valence-corrected chi connectivity index (χ1v) is 12.2. The van der Waals surface area contributed by atoms with Crippen molar-refractivity contribution in [2.75, 3.05) is 5.73 Å². The molecule has 0 bridgehead atoms. The first-order valence-electron chi connectivity index (χ1n) is 11.4. The standard InChI is InChI=1S/C28H27NO4S/c29-23-14-17-25(21-7-3-1-4-8-21)26(19-23)34-33-27(30)18-13-20-11-15-24(16-12-20)32-28(31)22-9-5-2-6-10-22/h1,3-4,7-8,11-19,22H,2,5-6,9-10,29H2/b18-13+. The zero-order valence-corrected chi connectivity index (χ0v) is 19.6. The lowest BCUT2D eigenvalue weighted by Crippen LogP contribution is -2.22. The monoisotopic (exact) mass is 473 g/mol. The largest absolute Gasteiger partial charge is 0.426 e. The van der Waals surface area contributed by atoms with E-state index in [0.29, 0.717) is 11.4 Å². The average Bonchev–Trinajstić information content (AvgIpc) is 2.88. The van der Waals surface area contributed by atoms with Gasteiger partial charge in [0.15, 0.2) is 0 Å². The van der Waals surface area contributed by atoms with Crippen molar-refractivity contribution in [3.05, 3.63) is 84.4 Å². The van der Waals surface area contributed by atoms with Crippen LogP contribution in [0.3, 0.4) is 0 Å². The van der Waals surface area contributed by atoms with E-state index in [9.17, 15) is 9.59 Å². The Kier molecular flexibility index (Phi) is 8.04. The first-order chi connectivity index (χ1) is 16.6. The van der Waals surface area contributed by atoms with Crippen LogP contribution in [0.4, 0.5) is 5.69 Å². The van der Waals surface area contributed by atoms with Crippen molar-refractivity contribution in [2.45, 2.75) is 37.0 Å². The number of carbonyl (C=O) groups excluding carboxylic acids is 2. The lowest BCUT2D eigenvalue weighted by molar-refractivity contribution is -0.140. The second-order valence-corrected chi connectivity index (χ2v) is 9.04. The van der Waals surface area contributed by atoms with E-state index in [1.807, 2.05) is 42.5 Å². The van der Waals surface area contributed by atoms with Gasteiger partial charge in [-0.25, -0.2) is 4.79 Å². The maximum absolute atomic E-state index is 12.3. The number of nitrogen functional groups attached to an aromatic ring is 1. The molecule has 4 rings (SSSR count). The van der Waals surface area contributed by atoms with E-state index in [4.69, 9.17) is 14.7 Å². The molecule has 0 aliphatic heterocycles. The van der Waals surface area contributed by atoms with Crippen LogP contribution in [0, 0.1) is 5.92 Å². The normalized spacial score (nSPS) is 14.1. The molecule has 0 unspecified atom stereocenters. The predicted molar refractivity (Wildman–Crippen MR) is 136 cm³/mol. The fourth-order valence-electron chi connectivity index (χ4n) is 3.93. The van der Waals surface area contributed by atoms with Crippen molar-refractivity contribution in [1.82, 2.24) is 0 Å². The zero-order chi connectivity index (χ0) is 23.8. The smallest absolute Gasteiger partial charge is 0.343 e. The van der Waals surface area contributed by atoms with Gasteiger partial charge in [-0.05, 0) is 59.9 Å². The fraction of sp³-hybridized carbons (Fsp3) is 0.214. The van der Waals surface area contributed by atoms with Gasteiger partial charge in [-0.3, -0.25) is 4.79 Å². The predicted octanol–water partition coefficient (Wildman–Crippen LogP) is 6.69. The number of hydrogen-bond acceptors (Lipinski definition) is 6. The molecule has 1 aliphatic carbocycles. The van der Waals surface area contributed by atoms with Crippen molar-refractivity contribution in [1.29, 1.82) is 0 Å². The number of carbonyl (C=O) groups is 2. The van der Waals surface area contributed by atoms with E-state index in [2.05, 4.69) is 0 Å². The Labute approximate surface area is 204 Å². The van der Waals surface area contributed by atoms with Gasteiger partial charge >= 0.3 is 11.9 Å². The highest BCUT2D eigenvalue weighted by Gasteiger charge is 2.22. The van der Waals surface area contributed by atoms with Crippen LogP contribution in [0.25, 0.3) is 17.2 Å². The van der Waals surface area contributed by atoms with Gasteiger partial charge in [0, 0.05) is 11.8 Å². The maximum atomic E-state index is 12.3. The molecule has 0 amide bonds. The number of rotatable bonds is 7. The minimum absolute atomic E-state index is 0.00274. The van der Waals surface area contributed by atoms with Crippen LogP contribution in [0.5, 0.6) is 5.75 Å². The number of hydrogen-bond donors (Lipinski definition) is 1. The van der Waals surface area contributed by atoms with E-state index in [1.165, 1.54) is 12.5 Å². The van der Waals surface area contributed by atoms with E-state index in [-0.39, 0.29) is 11.9 Å². The molecule has 6 heteroatoms. The summed E-state index contributed by atoms with van der Waals surface area (Å²) in [5.41, 5.74) is 9.28. The van der Waals surface area contributed by atoms with Crippen LogP contribution in [-0.2, 0) is 13.8 Å². The molecule has 0 atom stereocenters. The summed E-state index contributed by atoms with van der Waals surface area (Å²) in [6, 6.07) is 22.4. The van der Waals surface area contributed by atoms with Crippen molar-refractivity contribution < 1.29 is 18.5 Å². The van der Waals surface area contributed by atoms with Crippen LogP contribution in [0.15, 0.2) is 83.8 Å². The molecule has 0 aromatic heterocycles. The lowest BCUT2D eigenvalue weighted by atomic mass is 9.89. The van der Waals surface area contributed by atoms with Crippen molar-refractivity contribution >= 4 is 35.7 Å². The third-order valence-electron chi connectivity index (χ3n) is 5.75. The van der Waals surface area contributed by atoms with Crippen LogP contribution in [-0.4, -0.2) is 11.9 Å². The summed E-state index contributed by atoms with van der Waals surface area (Å²) < 4.78 is 10.9. The number of esters is 1. The number of ether oxygens (including phenoxy) is 1. The molecule has 1 fully saturated rings. The first kappa shape index (κ1) is 23.6. The second-order valence-electron chi connectivity index (χ2n) is 8.27. The molecule has 1 aliphatic rings. The third-order valence-corrected chi connectivity index (χ3v) is 6.52. The summed E-state index contributed by atoms with van der Waals surface area (Å²) in [7, 11) is 0. The summed E-state index contributed by atoms with van der Waals surface area (Å²) in [4.78, 5) is 25.3. The minimum Gasteiger partial charge on any atom is -0.426 e. The van der Waals surface area contributed by atoms with E-state index in [1.54, 1.807) is 36.4 Å². The number of nitrogens with two attached hydrogens (primary N) is 1. The Bertz CT molecular complexity index is 1150. The van der Waals surface area contributed by atoms with E-state index >= 15 is 0 Å². The maximum Gasteiger partial charge on any atom is 0.343 e. The van der Waals surface area contributed by atoms with Gasteiger partial charge in [-0.15, -0.1) is 0 Å². The molecule has 0 heterocycles. The molecule has 2 N–H and O–H groups in total. The second kappa shape index (κ2) is 11.6. The Balaban J connectivity index is 1.32. The summed E-state index contributed by atoms with van der Waals surface area (Å²) >= 11 is 0.984. The topological polar surface area (TPSA) is 78.6 Å². The van der Waals surface area contributed by atoms with Crippen molar-refractivity contribution in [3.63, 3.8) is 0 Å². The fourth-order valence-corrected chi connectivity index (χ4v) is 4.61. The molecular formula is C28H27NO4S. The Morgan fingerprint density at radius 1 is 0.912 bits per heavy atom. The van der Waals surface area contributed by atoms with Crippen LogP contribution in [0.2, 0.25) is 0 Å². The highest BCUT2D eigenvalue weighted by atomic mass is 32.2. The van der Waals surface area contributed by atoms with Gasteiger partial charge < -0.3 is 14.7 Å².